The van der Waals surface area contributed by atoms with Gasteiger partial charge in [-0.2, -0.15) is 0 Å². The zero-order chi connectivity index (χ0) is 27.8. The van der Waals surface area contributed by atoms with Gasteiger partial charge in [0.05, 0.1) is 0 Å². The van der Waals surface area contributed by atoms with E-state index in [1.54, 1.807) is 0 Å². The highest BCUT2D eigenvalue weighted by atomic mass is 35.5. The molecular formula is C35H68Cl2O. The molecule has 3 heteroatoms. The van der Waals surface area contributed by atoms with Crippen LogP contribution in [0.5, 0.6) is 0 Å². The van der Waals surface area contributed by atoms with E-state index in [2.05, 4.69) is 6.92 Å². The third-order valence-corrected chi connectivity index (χ3v) is 8.62. The second kappa shape index (κ2) is 33.5. The Hall–Kier alpha value is 0.250. The molecule has 0 spiro atoms. The molecule has 0 bridgehead atoms. The summed E-state index contributed by atoms with van der Waals surface area (Å²) < 4.78 is 0. The van der Waals surface area contributed by atoms with Crippen molar-refractivity contribution in [1.29, 1.82) is 0 Å². The molecule has 0 aliphatic carbocycles. The molecule has 0 aromatic heterocycles. The fourth-order valence-electron chi connectivity index (χ4n) is 5.56. The van der Waals surface area contributed by atoms with Crippen LogP contribution < -0.4 is 0 Å². The maximum atomic E-state index is 12.1. The van der Waals surface area contributed by atoms with Gasteiger partial charge in [-0.25, -0.2) is 0 Å². The van der Waals surface area contributed by atoms with Gasteiger partial charge < -0.3 is 0 Å². The van der Waals surface area contributed by atoms with Gasteiger partial charge in [0.2, 0.25) is 0 Å². The van der Waals surface area contributed by atoms with Crippen LogP contribution in [0.4, 0.5) is 0 Å². The number of carbonyl (C=O) groups excluding carboxylic acids is 1. The molecule has 1 nitrogen and oxygen atoms in total. The number of rotatable bonds is 33. The molecule has 0 saturated heterocycles. The molecule has 0 aromatic rings. The van der Waals surface area contributed by atoms with Gasteiger partial charge in [-0.05, 0) is 19.3 Å². The Morgan fingerprint density at radius 1 is 0.395 bits per heavy atom. The average Bonchev–Trinajstić information content (AvgIpc) is 2.90. The first-order chi connectivity index (χ1) is 18.7. The number of hydrogen-bond donors (Lipinski definition) is 0. The average molecular weight is 576 g/mol. The lowest BCUT2D eigenvalue weighted by Crippen LogP contribution is -1.97. The van der Waals surface area contributed by atoms with E-state index in [4.69, 9.17) is 23.2 Å². The maximum absolute atomic E-state index is 12.1. The molecule has 0 heterocycles. The standard InChI is InChI=1S/C35H68Cl2O/c1-2-3-4-5-6-7-8-9-10-13-16-19-22-25-28-31-34(38)32-29-26-23-20-17-14-11-12-15-18-21-24-27-30-33-35(36)37/h35H,2-33H2,1H3. The minimum Gasteiger partial charge on any atom is -0.300 e. The second-order valence-corrected chi connectivity index (χ2v) is 13.4. The second-order valence-electron chi connectivity index (χ2n) is 12.1. The minimum absolute atomic E-state index is 0.175. The quantitative estimate of drug-likeness (QED) is 0.0562. The largest absolute Gasteiger partial charge is 0.300 e. The molecule has 0 fully saturated rings. The Labute approximate surface area is 250 Å². The highest BCUT2D eigenvalue weighted by Crippen LogP contribution is 2.17. The molecule has 0 N–H and O–H groups in total. The molecule has 0 rings (SSSR count). The number of alkyl halides is 2. The molecule has 0 atom stereocenters. The minimum atomic E-state index is -0.175. The van der Waals surface area contributed by atoms with Crippen molar-refractivity contribution in [3.63, 3.8) is 0 Å². The third-order valence-electron chi connectivity index (χ3n) is 8.19. The summed E-state index contributed by atoms with van der Waals surface area (Å²) in [5, 5.41) is 0. The lowest BCUT2D eigenvalue weighted by atomic mass is 10.0. The highest BCUT2D eigenvalue weighted by molar-refractivity contribution is 6.44. The van der Waals surface area contributed by atoms with Gasteiger partial charge in [0.1, 0.15) is 10.6 Å². The predicted octanol–water partition coefficient (Wildman–Crippen LogP) is 13.9. The fraction of sp³-hybridized carbons (Fsp3) is 0.971. The maximum Gasteiger partial charge on any atom is 0.132 e. The van der Waals surface area contributed by atoms with Gasteiger partial charge in [0, 0.05) is 12.8 Å². The third kappa shape index (κ3) is 34.3. The number of ketones is 1. The molecular weight excluding hydrogens is 507 g/mol. The van der Waals surface area contributed by atoms with E-state index in [0.717, 1.165) is 32.1 Å². The Morgan fingerprint density at radius 3 is 0.895 bits per heavy atom. The monoisotopic (exact) mass is 574 g/mol. The van der Waals surface area contributed by atoms with Crippen LogP contribution in [0.15, 0.2) is 0 Å². The van der Waals surface area contributed by atoms with Crippen LogP contribution >= 0.6 is 23.2 Å². The smallest absolute Gasteiger partial charge is 0.132 e. The molecule has 228 valence electrons. The van der Waals surface area contributed by atoms with Crippen LogP contribution in [0.2, 0.25) is 0 Å². The summed E-state index contributed by atoms with van der Waals surface area (Å²) in [6.45, 7) is 2.29. The number of halogens is 2. The molecule has 0 radical (unpaired) electrons. The van der Waals surface area contributed by atoms with E-state index >= 15 is 0 Å². The normalized spacial score (nSPS) is 11.6. The summed E-state index contributed by atoms with van der Waals surface area (Å²) in [4.78, 5) is 12.0. The van der Waals surface area contributed by atoms with E-state index in [-0.39, 0.29) is 4.84 Å². The van der Waals surface area contributed by atoms with Crippen molar-refractivity contribution in [3.05, 3.63) is 0 Å². The van der Waals surface area contributed by atoms with Gasteiger partial charge in [-0.1, -0.05) is 180 Å². The highest BCUT2D eigenvalue weighted by Gasteiger charge is 2.02. The van der Waals surface area contributed by atoms with Gasteiger partial charge in [0.15, 0.2) is 0 Å². The summed E-state index contributed by atoms with van der Waals surface area (Å²) in [6.07, 6.45) is 41.9. The van der Waals surface area contributed by atoms with E-state index in [0.29, 0.717) is 5.78 Å². The molecule has 0 aromatic carbocycles. The van der Waals surface area contributed by atoms with Crippen LogP contribution in [0.3, 0.4) is 0 Å². The Morgan fingerprint density at radius 2 is 0.632 bits per heavy atom. The SMILES string of the molecule is CCCCCCCCCCCCCCCCCC(=O)CCCCCCCCCCCCCCCCC(Cl)Cl. The van der Waals surface area contributed by atoms with Crippen LogP contribution in [0.25, 0.3) is 0 Å². The van der Waals surface area contributed by atoms with Crippen molar-refractivity contribution >= 4 is 29.0 Å². The number of hydrogen-bond acceptors (Lipinski definition) is 1. The number of carbonyl (C=O) groups is 1. The zero-order valence-corrected chi connectivity index (χ0v) is 27.4. The first kappa shape index (κ1) is 38.2. The molecule has 38 heavy (non-hydrogen) atoms. The van der Waals surface area contributed by atoms with E-state index < -0.39 is 0 Å². The van der Waals surface area contributed by atoms with Gasteiger partial charge in [0.25, 0.3) is 0 Å². The lowest BCUT2D eigenvalue weighted by molar-refractivity contribution is -0.119. The first-order valence-electron chi connectivity index (χ1n) is 17.5. The summed E-state index contributed by atoms with van der Waals surface area (Å²) >= 11 is 11.5. The van der Waals surface area contributed by atoms with Crippen molar-refractivity contribution in [1.82, 2.24) is 0 Å². The van der Waals surface area contributed by atoms with Crippen molar-refractivity contribution in [2.24, 2.45) is 0 Å². The molecule has 0 aliphatic heterocycles. The fourth-order valence-corrected chi connectivity index (χ4v) is 5.87. The van der Waals surface area contributed by atoms with E-state index in [9.17, 15) is 4.79 Å². The zero-order valence-electron chi connectivity index (χ0n) is 25.9. The van der Waals surface area contributed by atoms with Gasteiger partial charge >= 0.3 is 0 Å². The molecule has 0 aliphatic rings. The Balaban J connectivity index is 3.15. The molecule has 0 saturated carbocycles. The summed E-state index contributed by atoms with van der Waals surface area (Å²) in [5.74, 6) is 0.516. The van der Waals surface area contributed by atoms with E-state index in [1.165, 1.54) is 173 Å². The molecule has 0 unspecified atom stereocenters. The van der Waals surface area contributed by atoms with Gasteiger partial charge in [-0.3, -0.25) is 4.79 Å². The van der Waals surface area contributed by atoms with Crippen LogP contribution in [-0.2, 0) is 4.79 Å². The Bertz CT molecular complexity index is 451. The predicted molar refractivity (Wildman–Crippen MR) is 174 cm³/mol. The van der Waals surface area contributed by atoms with Crippen LogP contribution in [0.1, 0.15) is 212 Å². The number of unbranched alkanes of at least 4 members (excludes halogenated alkanes) is 27. The molecule has 0 amide bonds. The summed E-state index contributed by atoms with van der Waals surface area (Å²) in [6, 6.07) is 0. The van der Waals surface area contributed by atoms with Gasteiger partial charge in [-0.15, -0.1) is 23.2 Å². The van der Waals surface area contributed by atoms with Crippen LogP contribution in [0, 0.1) is 0 Å². The summed E-state index contributed by atoms with van der Waals surface area (Å²) in [7, 11) is 0. The van der Waals surface area contributed by atoms with Crippen molar-refractivity contribution < 1.29 is 4.79 Å². The Kier molecular flexibility index (Phi) is 33.7. The lowest BCUT2D eigenvalue weighted by Gasteiger charge is -2.05. The van der Waals surface area contributed by atoms with Crippen molar-refractivity contribution in [2.75, 3.05) is 0 Å². The first-order valence-corrected chi connectivity index (χ1v) is 18.3. The van der Waals surface area contributed by atoms with Crippen molar-refractivity contribution in [3.8, 4) is 0 Å². The summed E-state index contributed by atoms with van der Waals surface area (Å²) in [5.41, 5.74) is 0. The van der Waals surface area contributed by atoms with Crippen molar-refractivity contribution in [2.45, 2.75) is 217 Å². The van der Waals surface area contributed by atoms with E-state index in [1.807, 2.05) is 0 Å². The topological polar surface area (TPSA) is 17.1 Å². The van der Waals surface area contributed by atoms with Crippen LogP contribution in [-0.4, -0.2) is 10.6 Å². The number of Topliss-reactive ketones (excluding diaryl/α,β-unsaturated/α-hetero) is 1.